The first kappa shape index (κ1) is 9.27. The number of rotatable bonds is 3. The number of aryl methyl sites for hydroxylation is 1. The van der Waals surface area contributed by atoms with Crippen LogP contribution in [0.1, 0.15) is 28.4 Å². The molecule has 64 valence electrons. The minimum atomic E-state index is 0.467. The Hall–Kier alpha value is -0.820. The largest absolute Gasteiger partial charge is 0.298 e. The fourth-order valence-electron chi connectivity index (χ4n) is 1.14. The third kappa shape index (κ3) is 2.08. The Morgan fingerprint density at radius 3 is 2.50 bits per heavy atom. The van der Waals surface area contributed by atoms with E-state index in [-0.39, 0.29) is 0 Å². The van der Waals surface area contributed by atoms with E-state index in [4.69, 9.17) is 11.6 Å². The maximum atomic E-state index is 10.5. The van der Waals surface area contributed by atoms with Crippen molar-refractivity contribution in [3.05, 3.63) is 34.9 Å². The van der Waals surface area contributed by atoms with Crippen LogP contribution >= 0.6 is 11.6 Å². The lowest BCUT2D eigenvalue weighted by Crippen LogP contribution is -1.89. The van der Waals surface area contributed by atoms with Crippen molar-refractivity contribution in [1.82, 2.24) is 0 Å². The molecule has 1 nitrogen and oxygen atoms in total. The van der Waals surface area contributed by atoms with Gasteiger partial charge in [-0.05, 0) is 29.7 Å². The van der Waals surface area contributed by atoms with E-state index in [1.54, 1.807) is 0 Å². The van der Waals surface area contributed by atoms with Crippen LogP contribution in [0, 0.1) is 0 Å². The van der Waals surface area contributed by atoms with Crippen molar-refractivity contribution < 1.29 is 4.79 Å². The lowest BCUT2D eigenvalue weighted by Gasteiger charge is -2.01. The Labute approximate surface area is 77.4 Å². The smallest absolute Gasteiger partial charge is 0.150 e. The van der Waals surface area contributed by atoms with E-state index in [0.29, 0.717) is 11.4 Å². The molecule has 0 fully saturated rings. The standard InChI is InChI=1S/C10H11ClO/c1-2-8-3-9(6-11)5-10(4-8)7-12/h3-5,7H,2,6H2,1H3. The Balaban J connectivity index is 3.09. The van der Waals surface area contributed by atoms with E-state index >= 15 is 0 Å². The van der Waals surface area contributed by atoms with Gasteiger partial charge in [-0.15, -0.1) is 11.6 Å². The molecule has 1 aromatic carbocycles. The Morgan fingerprint density at radius 1 is 1.33 bits per heavy atom. The van der Waals surface area contributed by atoms with Crippen molar-refractivity contribution in [3.63, 3.8) is 0 Å². The quantitative estimate of drug-likeness (QED) is 0.519. The summed E-state index contributed by atoms with van der Waals surface area (Å²) >= 11 is 5.67. The zero-order chi connectivity index (χ0) is 8.97. The van der Waals surface area contributed by atoms with Gasteiger partial charge in [-0.1, -0.05) is 13.0 Å². The highest BCUT2D eigenvalue weighted by Crippen LogP contribution is 2.11. The van der Waals surface area contributed by atoms with Gasteiger partial charge in [0.15, 0.2) is 0 Å². The number of benzene rings is 1. The maximum Gasteiger partial charge on any atom is 0.150 e. The lowest BCUT2D eigenvalue weighted by atomic mass is 10.1. The highest BCUT2D eigenvalue weighted by atomic mass is 35.5. The summed E-state index contributed by atoms with van der Waals surface area (Å²) in [7, 11) is 0. The summed E-state index contributed by atoms with van der Waals surface area (Å²) in [4.78, 5) is 10.5. The molecule has 0 aliphatic carbocycles. The summed E-state index contributed by atoms with van der Waals surface area (Å²) in [5, 5.41) is 0. The molecule has 0 atom stereocenters. The molecule has 0 saturated carbocycles. The van der Waals surface area contributed by atoms with Crippen LogP contribution < -0.4 is 0 Å². The van der Waals surface area contributed by atoms with Crippen LogP contribution in [0.25, 0.3) is 0 Å². The van der Waals surface area contributed by atoms with Gasteiger partial charge in [0, 0.05) is 11.4 Å². The summed E-state index contributed by atoms with van der Waals surface area (Å²) in [5.74, 6) is 0.467. The van der Waals surface area contributed by atoms with Crippen LogP contribution in [0.3, 0.4) is 0 Å². The molecule has 1 rings (SSSR count). The second-order valence-electron chi connectivity index (χ2n) is 2.69. The van der Waals surface area contributed by atoms with Gasteiger partial charge < -0.3 is 0 Å². The summed E-state index contributed by atoms with van der Waals surface area (Å²) in [6.45, 7) is 2.06. The normalized spacial score (nSPS) is 9.83. The molecule has 0 aliphatic heterocycles. The zero-order valence-corrected chi connectivity index (χ0v) is 7.77. The first-order chi connectivity index (χ1) is 5.80. The predicted octanol–water partition coefficient (Wildman–Crippen LogP) is 2.80. The fraction of sp³-hybridized carbons (Fsp3) is 0.300. The van der Waals surface area contributed by atoms with Gasteiger partial charge in [0.05, 0.1) is 0 Å². The Morgan fingerprint density at radius 2 is 2.00 bits per heavy atom. The monoisotopic (exact) mass is 182 g/mol. The second-order valence-corrected chi connectivity index (χ2v) is 2.96. The zero-order valence-electron chi connectivity index (χ0n) is 7.01. The molecule has 0 N–H and O–H groups in total. The molecule has 1 aromatic rings. The molecule has 0 amide bonds. The van der Waals surface area contributed by atoms with Gasteiger partial charge in [0.2, 0.25) is 0 Å². The number of aldehydes is 1. The summed E-state index contributed by atoms with van der Waals surface area (Å²) in [6.07, 6.45) is 1.79. The van der Waals surface area contributed by atoms with Gasteiger partial charge in [-0.25, -0.2) is 0 Å². The van der Waals surface area contributed by atoms with Crippen molar-refractivity contribution in [1.29, 1.82) is 0 Å². The number of carbonyl (C=O) groups excluding carboxylic acids is 1. The highest BCUT2D eigenvalue weighted by Gasteiger charge is 1.97. The van der Waals surface area contributed by atoms with Crippen LogP contribution in [-0.2, 0) is 12.3 Å². The number of hydrogen-bond acceptors (Lipinski definition) is 1. The van der Waals surface area contributed by atoms with Crippen LogP contribution in [0.5, 0.6) is 0 Å². The average molecular weight is 183 g/mol. The van der Waals surface area contributed by atoms with E-state index in [0.717, 1.165) is 23.8 Å². The maximum absolute atomic E-state index is 10.5. The van der Waals surface area contributed by atoms with E-state index in [1.165, 1.54) is 0 Å². The minimum absolute atomic E-state index is 0.467. The Kier molecular flexibility index (Phi) is 3.30. The predicted molar refractivity (Wildman–Crippen MR) is 50.8 cm³/mol. The second kappa shape index (κ2) is 4.27. The molecule has 0 bridgehead atoms. The van der Waals surface area contributed by atoms with Gasteiger partial charge in [0.25, 0.3) is 0 Å². The molecule has 0 unspecified atom stereocenters. The first-order valence-electron chi connectivity index (χ1n) is 3.94. The highest BCUT2D eigenvalue weighted by molar-refractivity contribution is 6.17. The topological polar surface area (TPSA) is 17.1 Å². The van der Waals surface area contributed by atoms with Crippen molar-refractivity contribution in [2.24, 2.45) is 0 Å². The minimum Gasteiger partial charge on any atom is -0.298 e. The molecule has 12 heavy (non-hydrogen) atoms. The molecule has 0 heterocycles. The Bertz CT molecular complexity index is 259. The van der Waals surface area contributed by atoms with Crippen LogP contribution in [-0.4, -0.2) is 6.29 Å². The van der Waals surface area contributed by atoms with Crippen molar-refractivity contribution >= 4 is 17.9 Å². The number of hydrogen-bond donors (Lipinski definition) is 0. The van der Waals surface area contributed by atoms with Gasteiger partial charge in [-0.3, -0.25) is 4.79 Å². The van der Waals surface area contributed by atoms with Gasteiger partial charge in [-0.2, -0.15) is 0 Å². The third-order valence-electron chi connectivity index (χ3n) is 1.77. The fourth-order valence-corrected chi connectivity index (χ4v) is 1.29. The van der Waals surface area contributed by atoms with Crippen molar-refractivity contribution in [2.75, 3.05) is 0 Å². The van der Waals surface area contributed by atoms with Crippen LogP contribution in [0.15, 0.2) is 18.2 Å². The molecule has 0 aromatic heterocycles. The molecule has 0 aliphatic rings. The number of alkyl halides is 1. The van der Waals surface area contributed by atoms with Crippen molar-refractivity contribution in [2.45, 2.75) is 19.2 Å². The molecule has 0 saturated heterocycles. The molecule has 0 spiro atoms. The van der Waals surface area contributed by atoms with Crippen LogP contribution in [0.4, 0.5) is 0 Å². The molecule has 0 radical (unpaired) electrons. The lowest BCUT2D eigenvalue weighted by molar-refractivity contribution is 0.112. The van der Waals surface area contributed by atoms with Crippen LogP contribution in [0.2, 0.25) is 0 Å². The SMILES string of the molecule is CCc1cc(C=O)cc(CCl)c1. The molecule has 2 heteroatoms. The number of carbonyl (C=O) groups is 1. The van der Waals surface area contributed by atoms with Gasteiger partial charge in [0.1, 0.15) is 6.29 Å². The third-order valence-corrected chi connectivity index (χ3v) is 2.08. The van der Waals surface area contributed by atoms with E-state index in [9.17, 15) is 4.79 Å². The van der Waals surface area contributed by atoms with E-state index in [1.807, 2.05) is 18.2 Å². The van der Waals surface area contributed by atoms with E-state index < -0.39 is 0 Å². The summed E-state index contributed by atoms with van der Waals surface area (Å²) < 4.78 is 0. The molecular weight excluding hydrogens is 172 g/mol. The van der Waals surface area contributed by atoms with Crippen molar-refractivity contribution in [3.8, 4) is 0 Å². The first-order valence-corrected chi connectivity index (χ1v) is 4.47. The summed E-state index contributed by atoms with van der Waals surface area (Å²) in [5.41, 5.74) is 2.89. The molecular formula is C10H11ClO. The van der Waals surface area contributed by atoms with Gasteiger partial charge >= 0.3 is 0 Å². The van der Waals surface area contributed by atoms with E-state index in [2.05, 4.69) is 6.92 Å². The average Bonchev–Trinajstić information content (AvgIpc) is 2.16. The number of halogens is 1. The summed E-state index contributed by atoms with van der Waals surface area (Å²) in [6, 6.07) is 5.74.